The fourth-order valence-corrected chi connectivity index (χ4v) is 4.74. The molecular weight excluding hydrogens is 390 g/mol. The molecule has 6 nitrogen and oxygen atoms in total. The second kappa shape index (κ2) is 10.7. The highest BCUT2D eigenvalue weighted by molar-refractivity contribution is 7.17. The second-order valence-corrected chi connectivity index (χ2v) is 7.88. The second-order valence-electron chi connectivity index (χ2n) is 6.96. The molecule has 158 valence electrons. The molecule has 1 aromatic heterocycles. The molecule has 1 aliphatic rings. The molecule has 3 rings (SSSR count). The molecule has 2 heterocycles. The number of amides is 1. The molecule has 7 heteroatoms. The first-order valence-electron chi connectivity index (χ1n) is 10.0. The van der Waals surface area contributed by atoms with Crippen molar-refractivity contribution < 1.29 is 24.1 Å². The number of aliphatic hydroxyl groups is 1. The molecule has 0 bridgehead atoms. The van der Waals surface area contributed by atoms with Gasteiger partial charge in [0.25, 0.3) is 5.91 Å². The number of hydrogen-bond acceptors (Lipinski definition) is 6. The highest BCUT2D eigenvalue weighted by Gasteiger charge is 2.38. The van der Waals surface area contributed by atoms with Crippen LogP contribution in [0, 0.1) is 5.92 Å². The lowest BCUT2D eigenvalue weighted by molar-refractivity contribution is -0.166. The van der Waals surface area contributed by atoms with E-state index in [-0.39, 0.29) is 30.1 Å². The molecule has 1 amide bonds. The largest absolute Gasteiger partial charge is 0.459 e. The molecule has 3 atom stereocenters. The van der Waals surface area contributed by atoms with E-state index in [1.165, 1.54) is 15.6 Å². The summed E-state index contributed by atoms with van der Waals surface area (Å²) in [5.41, 5.74) is 1.17. The molecule has 0 saturated carbocycles. The number of benzene rings is 1. The van der Waals surface area contributed by atoms with Gasteiger partial charge < -0.3 is 24.6 Å². The molecule has 29 heavy (non-hydrogen) atoms. The van der Waals surface area contributed by atoms with Crippen LogP contribution in [0.4, 0.5) is 0 Å². The highest BCUT2D eigenvalue weighted by atomic mass is 32.1. The number of methoxy groups -OCH3 is 1. The lowest BCUT2D eigenvalue weighted by Gasteiger charge is -2.36. The van der Waals surface area contributed by atoms with Gasteiger partial charge in [-0.2, -0.15) is 0 Å². The normalized spacial score (nSPS) is 21.6. The summed E-state index contributed by atoms with van der Waals surface area (Å²) in [7, 11) is 1.59. The first-order chi connectivity index (χ1) is 14.2. The lowest BCUT2D eigenvalue weighted by Crippen LogP contribution is -2.39. The molecule has 0 aliphatic carbocycles. The molecule has 0 saturated heterocycles. The number of rotatable bonds is 10. The van der Waals surface area contributed by atoms with E-state index in [9.17, 15) is 9.90 Å². The predicted molar refractivity (Wildman–Crippen MR) is 114 cm³/mol. The van der Waals surface area contributed by atoms with Crippen LogP contribution in [0.1, 0.15) is 31.2 Å². The Morgan fingerprint density at radius 3 is 2.93 bits per heavy atom. The molecule has 0 spiro atoms. The molecule has 0 fully saturated rings. The summed E-state index contributed by atoms with van der Waals surface area (Å²) < 4.78 is 18.1. The van der Waals surface area contributed by atoms with Crippen LogP contribution in [0.5, 0.6) is 0 Å². The van der Waals surface area contributed by atoms with E-state index < -0.39 is 6.29 Å². The fourth-order valence-electron chi connectivity index (χ4n) is 3.73. The summed E-state index contributed by atoms with van der Waals surface area (Å²) >= 11 is 1.70. The van der Waals surface area contributed by atoms with E-state index in [1.807, 2.05) is 25.1 Å². The Balaban J connectivity index is 1.97. The van der Waals surface area contributed by atoms with Crippen LogP contribution >= 0.6 is 11.3 Å². The number of hydrogen-bond donors (Lipinski definition) is 2. The van der Waals surface area contributed by atoms with Gasteiger partial charge in [-0.05, 0) is 48.2 Å². The van der Waals surface area contributed by atoms with Crippen LogP contribution in [0.15, 0.2) is 41.5 Å². The summed E-state index contributed by atoms with van der Waals surface area (Å²) in [4.78, 5) is 12.7. The molecule has 0 unspecified atom stereocenters. The minimum absolute atomic E-state index is 0.00984. The van der Waals surface area contributed by atoms with E-state index in [1.54, 1.807) is 18.4 Å². The van der Waals surface area contributed by atoms with Crippen LogP contribution in [0.25, 0.3) is 10.1 Å². The number of aliphatic hydroxyl groups excluding tert-OH is 1. The van der Waals surface area contributed by atoms with E-state index in [4.69, 9.17) is 14.2 Å². The highest BCUT2D eigenvalue weighted by Crippen LogP contribution is 2.43. The third-order valence-electron chi connectivity index (χ3n) is 5.10. The van der Waals surface area contributed by atoms with E-state index in [2.05, 4.69) is 22.8 Å². The summed E-state index contributed by atoms with van der Waals surface area (Å²) in [6, 6.07) is 8.28. The monoisotopic (exact) mass is 419 g/mol. The van der Waals surface area contributed by atoms with Crippen molar-refractivity contribution in [1.29, 1.82) is 0 Å². The van der Waals surface area contributed by atoms with Crippen molar-refractivity contribution in [3.8, 4) is 0 Å². The van der Waals surface area contributed by atoms with Gasteiger partial charge in [0.05, 0.1) is 6.61 Å². The number of carbonyl (C=O) groups excluding carboxylic acids is 1. The summed E-state index contributed by atoms with van der Waals surface area (Å²) in [5.74, 6) is -0.0150. The van der Waals surface area contributed by atoms with Gasteiger partial charge in [-0.15, -0.1) is 11.3 Å². The fraction of sp³-hybridized carbons (Fsp3) is 0.500. The van der Waals surface area contributed by atoms with Crippen molar-refractivity contribution in [3.63, 3.8) is 0 Å². The van der Waals surface area contributed by atoms with Crippen molar-refractivity contribution in [1.82, 2.24) is 5.32 Å². The van der Waals surface area contributed by atoms with E-state index >= 15 is 0 Å². The van der Waals surface area contributed by atoms with Crippen LogP contribution in [-0.2, 0) is 19.0 Å². The lowest BCUT2D eigenvalue weighted by atomic mass is 9.80. The van der Waals surface area contributed by atoms with Gasteiger partial charge in [0.2, 0.25) is 6.29 Å². The summed E-state index contributed by atoms with van der Waals surface area (Å²) in [5, 5.41) is 15.6. The summed E-state index contributed by atoms with van der Waals surface area (Å²) in [6.07, 6.45) is 2.77. The van der Waals surface area contributed by atoms with Crippen LogP contribution in [-0.4, -0.2) is 50.8 Å². The minimum atomic E-state index is -0.539. The van der Waals surface area contributed by atoms with Crippen LogP contribution in [0.3, 0.4) is 0 Å². The van der Waals surface area contributed by atoms with Gasteiger partial charge in [-0.3, -0.25) is 4.79 Å². The zero-order valence-corrected chi connectivity index (χ0v) is 17.7. The van der Waals surface area contributed by atoms with E-state index in [0.717, 1.165) is 6.42 Å². The third kappa shape index (κ3) is 5.17. The quantitative estimate of drug-likeness (QED) is 0.577. The summed E-state index contributed by atoms with van der Waals surface area (Å²) in [6.45, 7) is 3.36. The van der Waals surface area contributed by atoms with Gasteiger partial charge in [0.15, 0.2) is 5.76 Å². The van der Waals surface area contributed by atoms with Gasteiger partial charge in [0, 0.05) is 43.4 Å². The maximum Gasteiger partial charge on any atom is 0.286 e. The number of fused-ring (bicyclic) bond motifs is 1. The van der Waals surface area contributed by atoms with Crippen molar-refractivity contribution in [2.75, 3.05) is 33.5 Å². The van der Waals surface area contributed by atoms with Crippen molar-refractivity contribution in [2.24, 2.45) is 5.92 Å². The first-order valence-corrected chi connectivity index (χ1v) is 10.9. The topological polar surface area (TPSA) is 77.0 Å². The number of allylic oxidation sites excluding steroid dienone is 1. The Bertz CT molecular complexity index is 833. The van der Waals surface area contributed by atoms with E-state index in [0.29, 0.717) is 26.2 Å². The maximum absolute atomic E-state index is 12.7. The smallest absolute Gasteiger partial charge is 0.286 e. The molecule has 2 aromatic rings. The zero-order chi connectivity index (χ0) is 20.6. The Labute approximate surface area is 175 Å². The predicted octanol–water partition coefficient (Wildman–Crippen LogP) is 3.41. The Morgan fingerprint density at radius 1 is 1.34 bits per heavy atom. The number of carbonyl (C=O) groups is 1. The number of nitrogens with one attached hydrogen (secondary N) is 1. The Hall–Kier alpha value is -1.93. The molecule has 2 N–H and O–H groups in total. The van der Waals surface area contributed by atoms with Crippen molar-refractivity contribution >= 4 is 27.3 Å². The minimum Gasteiger partial charge on any atom is -0.459 e. The molecule has 1 aromatic carbocycles. The van der Waals surface area contributed by atoms with Gasteiger partial charge >= 0.3 is 0 Å². The number of ether oxygens (including phenoxy) is 3. The first kappa shape index (κ1) is 21.8. The van der Waals surface area contributed by atoms with Crippen molar-refractivity contribution in [2.45, 2.75) is 32.0 Å². The van der Waals surface area contributed by atoms with Gasteiger partial charge in [0.1, 0.15) is 0 Å². The average molecular weight is 420 g/mol. The maximum atomic E-state index is 12.7. The van der Waals surface area contributed by atoms with Gasteiger partial charge in [-0.1, -0.05) is 18.2 Å². The molecule has 1 aliphatic heterocycles. The Morgan fingerprint density at radius 2 is 2.17 bits per heavy atom. The standard InChI is InChI=1S/C22H29NO5S/c1-3-27-22-16(8-6-11-24)17(13-19(28-22)21(25)23-10-12-26-2)18-14-29-20-9-5-4-7-15(18)20/h4-5,7,9,13-14,16-17,22,24H,3,6,8,10-12H2,1-2H3,(H,23,25)/t16-,17-,22+/m1/s1. The van der Waals surface area contributed by atoms with Crippen LogP contribution in [0.2, 0.25) is 0 Å². The Kier molecular flexibility index (Phi) is 8.06. The molecule has 0 radical (unpaired) electrons. The zero-order valence-electron chi connectivity index (χ0n) is 16.9. The van der Waals surface area contributed by atoms with Gasteiger partial charge in [-0.25, -0.2) is 0 Å². The average Bonchev–Trinajstić information content (AvgIpc) is 3.16. The molecular formula is C22H29NO5S. The third-order valence-corrected chi connectivity index (χ3v) is 6.08. The van der Waals surface area contributed by atoms with Crippen LogP contribution < -0.4 is 5.32 Å². The SMILES string of the molecule is CCO[C@H]1OC(C(=O)NCCOC)=C[C@@H](c2csc3ccccc23)[C@H]1CCCO. The number of thiophene rings is 1. The van der Waals surface area contributed by atoms with Crippen molar-refractivity contribution in [3.05, 3.63) is 47.0 Å².